The van der Waals surface area contributed by atoms with Crippen molar-refractivity contribution >= 4 is 22.9 Å². The van der Waals surface area contributed by atoms with Crippen molar-refractivity contribution in [2.45, 2.75) is 12.8 Å². The molecule has 1 saturated heterocycles. The van der Waals surface area contributed by atoms with Gasteiger partial charge in [-0.25, -0.2) is 14.8 Å². The number of benzene rings is 1. The van der Waals surface area contributed by atoms with Gasteiger partial charge in [0.15, 0.2) is 5.75 Å². The first-order valence-corrected chi connectivity index (χ1v) is 9.08. The van der Waals surface area contributed by atoms with E-state index in [0.29, 0.717) is 17.1 Å². The average Bonchev–Trinajstić information content (AvgIpc) is 3.32. The zero-order chi connectivity index (χ0) is 18.6. The van der Waals surface area contributed by atoms with E-state index in [4.69, 9.17) is 10.5 Å². The molecule has 4 rings (SSSR count). The minimum Gasteiger partial charge on any atom is -0.408 e. The van der Waals surface area contributed by atoms with Crippen LogP contribution in [0.2, 0.25) is 0 Å². The number of nitrogens with one attached hydrogen (secondary N) is 2. The molecule has 1 amide bonds. The van der Waals surface area contributed by atoms with Crippen LogP contribution in [0.3, 0.4) is 0 Å². The Morgan fingerprint density at radius 2 is 2.11 bits per heavy atom. The molecule has 3 heterocycles. The fourth-order valence-electron chi connectivity index (χ4n) is 3.40. The highest BCUT2D eigenvalue weighted by atomic mass is 16.5. The summed E-state index contributed by atoms with van der Waals surface area (Å²) < 4.78 is 5.05. The Kier molecular flexibility index (Phi) is 4.88. The molecule has 0 atom stereocenters. The van der Waals surface area contributed by atoms with Crippen molar-refractivity contribution in [1.29, 1.82) is 0 Å². The van der Waals surface area contributed by atoms with Gasteiger partial charge in [-0.05, 0) is 50.2 Å². The van der Waals surface area contributed by atoms with Gasteiger partial charge in [-0.3, -0.25) is 0 Å². The molecule has 0 unspecified atom stereocenters. The topological polar surface area (TPSA) is 109 Å². The second-order valence-corrected chi connectivity index (χ2v) is 6.53. The first kappa shape index (κ1) is 17.3. The summed E-state index contributed by atoms with van der Waals surface area (Å²) in [7, 11) is 0. The highest BCUT2D eigenvalue weighted by Gasteiger charge is 2.15. The van der Waals surface area contributed by atoms with E-state index in [2.05, 4.69) is 25.2 Å². The van der Waals surface area contributed by atoms with Gasteiger partial charge in [0.1, 0.15) is 17.2 Å². The standard InChI is InChI=1S/C19H22N6O2/c20-19(26)27-15-7-3-6-14-16(15)24-18(23-14)13-5-4-8-21-17(13)22-9-12-25-10-1-2-11-25/h3-8H,1-2,9-12H2,(H2,20,26)(H,21,22)(H,23,24). The van der Waals surface area contributed by atoms with Crippen LogP contribution in [0.1, 0.15) is 12.8 Å². The fourth-order valence-corrected chi connectivity index (χ4v) is 3.40. The van der Waals surface area contributed by atoms with E-state index < -0.39 is 6.09 Å². The van der Waals surface area contributed by atoms with Crippen molar-refractivity contribution < 1.29 is 9.53 Å². The lowest BCUT2D eigenvalue weighted by Crippen LogP contribution is -2.26. The summed E-state index contributed by atoms with van der Waals surface area (Å²) in [6.45, 7) is 4.15. The SMILES string of the molecule is NC(=O)Oc1cccc2[nH]c(-c3cccnc3NCCN3CCCC3)nc12. The minimum absolute atomic E-state index is 0.329. The van der Waals surface area contributed by atoms with Crippen molar-refractivity contribution in [3.63, 3.8) is 0 Å². The Labute approximate surface area is 156 Å². The number of hydrogen-bond donors (Lipinski definition) is 3. The van der Waals surface area contributed by atoms with Gasteiger partial charge in [0.05, 0.1) is 11.1 Å². The van der Waals surface area contributed by atoms with Crippen LogP contribution in [0.4, 0.5) is 10.6 Å². The Morgan fingerprint density at radius 3 is 2.93 bits per heavy atom. The van der Waals surface area contributed by atoms with Gasteiger partial charge in [0.2, 0.25) is 0 Å². The molecule has 0 bridgehead atoms. The van der Waals surface area contributed by atoms with Crippen LogP contribution in [0.25, 0.3) is 22.4 Å². The third kappa shape index (κ3) is 3.85. The Balaban J connectivity index is 1.58. The largest absolute Gasteiger partial charge is 0.410 e. The van der Waals surface area contributed by atoms with Crippen LogP contribution in [-0.2, 0) is 0 Å². The maximum atomic E-state index is 11.1. The van der Waals surface area contributed by atoms with Crippen LogP contribution < -0.4 is 15.8 Å². The summed E-state index contributed by atoms with van der Waals surface area (Å²) in [5.74, 6) is 1.75. The number of primary amides is 1. The number of aromatic nitrogens is 3. The normalized spacial score (nSPS) is 14.5. The minimum atomic E-state index is -0.863. The Bertz CT molecular complexity index is 948. The number of anilines is 1. The van der Waals surface area contributed by atoms with Crippen molar-refractivity contribution in [1.82, 2.24) is 19.9 Å². The predicted octanol–water partition coefficient (Wildman–Crippen LogP) is 2.59. The number of nitrogens with zero attached hydrogens (tertiary/aromatic N) is 3. The average molecular weight is 366 g/mol. The number of nitrogens with two attached hydrogens (primary N) is 1. The summed E-state index contributed by atoms with van der Waals surface area (Å²) in [6.07, 6.45) is 3.46. The first-order valence-electron chi connectivity index (χ1n) is 9.08. The second-order valence-electron chi connectivity index (χ2n) is 6.53. The number of amides is 1. The molecule has 1 aromatic carbocycles. The van der Waals surface area contributed by atoms with Gasteiger partial charge >= 0.3 is 6.09 Å². The Hall–Kier alpha value is -3.13. The molecule has 140 valence electrons. The van der Waals surface area contributed by atoms with Crippen LogP contribution in [0, 0.1) is 0 Å². The molecule has 0 radical (unpaired) electrons. The number of pyridine rings is 1. The summed E-state index contributed by atoms with van der Waals surface area (Å²) in [6, 6.07) is 9.14. The highest BCUT2D eigenvalue weighted by Crippen LogP contribution is 2.30. The summed E-state index contributed by atoms with van der Waals surface area (Å²) >= 11 is 0. The smallest absolute Gasteiger partial charge is 0.408 e. The Morgan fingerprint density at radius 1 is 1.26 bits per heavy atom. The third-order valence-electron chi connectivity index (χ3n) is 4.67. The van der Waals surface area contributed by atoms with Gasteiger partial charge in [-0.2, -0.15) is 0 Å². The van der Waals surface area contributed by atoms with Gasteiger partial charge in [0, 0.05) is 19.3 Å². The van der Waals surface area contributed by atoms with Crippen molar-refractivity contribution in [2.24, 2.45) is 5.73 Å². The predicted molar refractivity (Wildman–Crippen MR) is 104 cm³/mol. The molecule has 8 nitrogen and oxygen atoms in total. The number of para-hydroxylation sites is 1. The monoisotopic (exact) mass is 366 g/mol. The number of rotatable bonds is 6. The molecule has 2 aromatic heterocycles. The lowest BCUT2D eigenvalue weighted by molar-refractivity contribution is 0.211. The van der Waals surface area contributed by atoms with E-state index in [1.54, 1.807) is 18.3 Å². The van der Waals surface area contributed by atoms with Crippen molar-refractivity contribution in [3.8, 4) is 17.1 Å². The van der Waals surface area contributed by atoms with Crippen molar-refractivity contribution in [2.75, 3.05) is 31.5 Å². The number of carbonyl (C=O) groups excluding carboxylic acids is 1. The second kappa shape index (κ2) is 7.63. The van der Waals surface area contributed by atoms with Crippen LogP contribution in [0.15, 0.2) is 36.5 Å². The molecule has 0 spiro atoms. The summed E-state index contributed by atoms with van der Waals surface area (Å²) in [4.78, 5) is 25.9. The molecule has 1 aliphatic heterocycles. The number of carbonyl (C=O) groups is 1. The quantitative estimate of drug-likeness (QED) is 0.619. The first-order chi connectivity index (χ1) is 13.2. The zero-order valence-corrected chi connectivity index (χ0v) is 14.9. The molecule has 8 heteroatoms. The van der Waals surface area contributed by atoms with Gasteiger partial charge in [0.25, 0.3) is 0 Å². The molecular weight excluding hydrogens is 344 g/mol. The maximum Gasteiger partial charge on any atom is 0.410 e. The molecule has 1 aliphatic rings. The number of hydrogen-bond acceptors (Lipinski definition) is 6. The lowest BCUT2D eigenvalue weighted by Gasteiger charge is -2.15. The van der Waals surface area contributed by atoms with Crippen LogP contribution >= 0.6 is 0 Å². The summed E-state index contributed by atoms with van der Waals surface area (Å²) in [5.41, 5.74) is 7.32. The number of aromatic amines is 1. The molecular formula is C19H22N6O2. The van der Waals surface area contributed by atoms with E-state index in [1.807, 2.05) is 18.2 Å². The summed E-state index contributed by atoms with van der Waals surface area (Å²) in [5, 5.41) is 3.41. The van der Waals surface area contributed by atoms with E-state index in [1.165, 1.54) is 25.9 Å². The molecule has 3 aromatic rings. The van der Waals surface area contributed by atoms with Gasteiger partial charge in [-0.1, -0.05) is 6.07 Å². The maximum absolute atomic E-state index is 11.1. The van der Waals surface area contributed by atoms with E-state index in [9.17, 15) is 4.79 Å². The highest BCUT2D eigenvalue weighted by molar-refractivity contribution is 5.88. The molecule has 4 N–H and O–H groups in total. The number of H-pyrrole nitrogens is 1. The third-order valence-corrected chi connectivity index (χ3v) is 4.67. The van der Waals surface area contributed by atoms with E-state index in [-0.39, 0.29) is 0 Å². The number of fused-ring (bicyclic) bond motifs is 1. The molecule has 1 fully saturated rings. The lowest BCUT2D eigenvalue weighted by atomic mass is 10.2. The fraction of sp³-hybridized carbons (Fsp3) is 0.316. The van der Waals surface area contributed by atoms with Gasteiger partial charge in [-0.15, -0.1) is 0 Å². The van der Waals surface area contributed by atoms with Gasteiger partial charge < -0.3 is 25.7 Å². The van der Waals surface area contributed by atoms with E-state index >= 15 is 0 Å². The number of ether oxygens (including phenoxy) is 1. The zero-order valence-electron chi connectivity index (χ0n) is 14.9. The van der Waals surface area contributed by atoms with E-state index in [0.717, 1.165) is 30.0 Å². The molecule has 27 heavy (non-hydrogen) atoms. The molecule has 0 aliphatic carbocycles. The molecule has 0 saturated carbocycles. The van der Waals surface area contributed by atoms with Crippen molar-refractivity contribution in [3.05, 3.63) is 36.5 Å². The van der Waals surface area contributed by atoms with Crippen LogP contribution in [0.5, 0.6) is 5.75 Å². The number of imidazole rings is 1. The van der Waals surface area contributed by atoms with Crippen LogP contribution in [-0.4, -0.2) is 52.1 Å². The number of likely N-dealkylation sites (tertiary alicyclic amines) is 1.